The molecular weight excluding hydrogens is 452 g/mol. The highest BCUT2D eigenvalue weighted by atomic mass is 35.5. The van der Waals surface area contributed by atoms with E-state index in [2.05, 4.69) is 10.1 Å². The van der Waals surface area contributed by atoms with E-state index in [0.717, 1.165) is 11.1 Å². The van der Waals surface area contributed by atoms with E-state index in [0.29, 0.717) is 36.2 Å². The SMILES string of the molecule is Cc1ccc(S(=O)(=O)N2CCN(C(=O)CCc3nc(-c4ccc(Cl)cc4)no3)CC2)cc1. The molecule has 2 heterocycles. The number of hydrogen-bond donors (Lipinski definition) is 0. The maximum Gasteiger partial charge on any atom is 0.243 e. The van der Waals surface area contributed by atoms with Crippen LogP contribution in [0.25, 0.3) is 11.4 Å². The van der Waals surface area contributed by atoms with Crippen LogP contribution in [-0.4, -0.2) is 59.8 Å². The van der Waals surface area contributed by atoms with Crippen molar-refractivity contribution in [1.82, 2.24) is 19.3 Å². The van der Waals surface area contributed by atoms with Crippen LogP contribution in [0, 0.1) is 6.92 Å². The van der Waals surface area contributed by atoms with Crippen molar-refractivity contribution >= 4 is 27.5 Å². The van der Waals surface area contributed by atoms with E-state index in [-0.39, 0.29) is 30.3 Å². The van der Waals surface area contributed by atoms with Crippen LogP contribution in [0.3, 0.4) is 0 Å². The van der Waals surface area contributed by atoms with Gasteiger partial charge in [0, 0.05) is 49.6 Å². The maximum absolute atomic E-state index is 12.8. The number of halogens is 1. The van der Waals surface area contributed by atoms with Crippen molar-refractivity contribution in [2.24, 2.45) is 0 Å². The van der Waals surface area contributed by atoms with Crippen molar-refractivity contribution in [3.63, 3.8) is 0 Å². The minimum Gasteiger partial charge on any atom is -0.340 e. The number of piperazine rings is 1. The minimum absolute atomic E-state index is 0.0661. The topological polar surface area (TPSA) is 96.6 Å². The van der Waals surface area contributed by atoms with Gasteiger partial charge in [-0.15, -0.1) is 0 Å². The largest absolute Gasteiger partial charge is 0.340 e. The molecule has 0 bridgehead atoms. The van der Waals surface area contributed by atoms with Crippen LogP contribution in [0.1, 0.15) is 17.9 Å². The van der Waals surface area contributed by atoms with Gasteiger partial charge in [0.1, 0.15) is 0 Å². The fraction of sp³-hybridized carbons (Fsp3) is 0.318. The first-order valence-corrected chi connectivity index (χ1v) is 12.1. The Balaban J connectivity index is 1.29. The van der Waals surface area contributed by atoms with Gasteiger partial charge in [-0.1, -0.05) is 34.5 Å². The number of sulfonamides is 1. The Morgan fingerprint density at radius 1 is 1.03 bits per heavy atom. The highest BCUT2D eigenvalue weighted by Gasteiger charge is 2.30. The number of aryl methyl sites for hydroxylation is 2. The Labute approximate surface area is 191 Å². The number of carbonyl (C=O) groups is 1. The van der Waals surface area contributed by atoms with Gasteiger partial charge in [0.25, 0.3) is 0 Å². The summed E-state index contributed by atoms with van der Waals surface area (Å²) in [4.78, 5) is 18.9. The van der Waals surface area contributed by atoms with Gasteiger partial charge in [-0.3, -0.25) is 4.79 Å². The van der Waals surface area contributed by atoms with Gasteiger partial charge >= 0.3 is 0 Å². The number of carbonyl (C=O) groups excluding carboxylic acids is 1. The van der Waals surface area contributed by atoms with Crippen LogP contribution in [0.4, 0.5) is 0 Å². The molecule has 8 nitrogen and oxygen atoms in total. The predicted octanol–water partition coefficient (Wildman–Crippen LogP) is 3.16. The average molecular weight is 475 g/mol. The number of rotatable bonds is 6. The second kappa shape index (κ2) is 9.40. The second-order valence-corrected chi connectivity index (χ2v) is 9.99. The molecule has 1 aliphatic heterocycles. The molecular formula is C22H23ClN4O4S. The summed E-state index contributed by atoms with van der Waals surface area (Å²) in [6.07, 6.45) is 0.536. The molecule has 0 N–H and O–H groups in total. The van der Waals surface area contributed by atoms with Crippen LogP contribution >= 0.6 is 11.6 Å². The van der Waals surface area contributed by atoms with Crippen molar-refractivity contribution in [3.8, 4) is 11.4 Å². The number of benzene rings is 2. The molecule has 2 aromatic carbocycles. The van der Waals surface area contributed by atoms with Crippen LogP contribution in [0.5, 0.6) is 0 Å². The molecule has 0 atom stereocenters. The molecule has 4 rings (SSSR count). The third-order valence-corrected chi connectivity index (χ3v) is 7.54. The van der Waals surface area contributed by atoms with Gasteiger partial charge in [-0.05, 0) is 43.3 Å². The Morgan fingerprint density at radius 2 is 1.69 bits per heavy atom. The highest BCUT2D eigenvalue weighted by molar-refractivity contribution is 7.89. The van der Waals surface area contributed by atoms with E-state index in [9.17, 15) is 13.2 Å². The van der Waals surface area contributed by atoms with Crippen molar-refractivity contribution in [1.29, 1.82) is 0 Å². The normalized spacial score (nSPS) is 15.1. The van der Waals surface area contributed by atoms with E-state index >= 15 is 0 Å². The summed E-state index contributed by atoms with van der Waals surface area (Å²) in [5, 5.41) is 4.57. The summed E-state index contributed by atoms with van der Waals surface area (Å²) < 4.78 is 32.3. The van der Waals surface area contributed by atoms with E-state index < -0.39 is 10.0 Å². The molecule has 0 unspecified atom stereocenters. The Hall–Kier alpha value is -2.75. The molecule has 1 fully saturated rings. The molecule has 0 saturated carbocycles. The Morgan fingerprint density at radius 3 is 2.34 bits per heavy atom. The molecule has 10 heteroatoms. The molecule has 1 amide bonds. The predicted molar refractivity (Wildman–Crippen MR) is 120 cm³/mol. The fourth-order valence-electron chi connectivity index (χ4n) is 3.48. The van der Waals surface area contributed by atoms with Gasteiger partial charge in [0.05, 0.1) is 4.90 Å². The van der Waals surface area contributed by atoms with E-state index in [1.165, 1.54) is 4.31 Å². The number of hydrogen-bond acceptors (Lipinski definition) is 6. The molecule has 0 spiro atoms. The summed E-state index contributed by atoms with van der Waals surface area (Å²) in [5.41, 5.74) is 1.78. The average Bonchev–Trinajstić information content (AvgIpc) is 3.27. The zero-order valence-electron chi connectivity index (χ0n) is 17.6. The first-order valence-electron chi connectivity index (χ1n) is 10.3. The Kier molecular flexibility index (Phi) is 6.59. The first kappa shape index (κ1) is 22.4. The quantitative estimate of drug-likeness (QED) is 0.544. The molecule has 168 valence electrons. The highest BCUT2D eigenvalue weighted by Crippen LogP contribution is 2.20. The zero-order chi connectivity index (χ0) is 22.7. The fourth-order valence-corrected chi connectivity index (χ4v) is 5.03. The standard InChI is InChI=1S/C22H23ClN4O4S/c1-16-2-8-19(9-3-16)32(29,30)27-14-12-26(13-15-27)21(28)11-10-20-24-22(25-31-20)17-4-6-18(23)7-5-17/h2-9H,10-15H2,1H3. The summed E-state index contributed by atoms with van der Waals surface area (Å²) >= 11 is 5.89. The van der Waals surface area contributed by atoms with Crippen molar-refractivity contribution in [2.45, 2.75) is 24.7 Å². The monoisotopic (exact) mass is 474 g/mol. The van der Waals surface area contributed by atoms with E-state index in [1.807, 2.05) is 6.92 Å². The third kappa shape index (κ3) is 5.01. The van der Waals surface area contributed by atoms with Gasteiger partial charge in [0.15, 0.2) is 0 Å². The number of amides is 1. The van der Waals surface area contributed by atoms with Crippen molar-refractivity contribution in [2.75, 3.05) is 26.2 Å². The number of nitrogens with zero attached hydrogens (tertiary/aromatic N) is 4. The summed E-state index contributed by atoms with van der Waals surface area (Å²) in [7, 11) is -3.56. The van der Waals surface area contributed by atoms with Gasteiger partial charge in [-0.2, -0.15) is 9.29 Å². The molecule has 0 radical (unpaired) electrons. The zero-order valence-corrected chi connectivity index (χ0v) is 19.1. The maximum atomic E-state index is 12.8. The second-order valence-electron chi connectivity index (χ2n) is 7.62. The van der Waals surface area contributed by atoms with Crippen molar-refractivity contribution in [3.05, 3.63) is 65.0 Å². The van der Waals surface area contributed by atoms with Crippen LogP contribution < -0.4 is 0 Å². The number of aromatic nitrogens is 2. The lowest BCUT2D eigenvalue weighted by atomic mass is 10.2. The lowest BCUT2D eigenvalue weighted by Crippen LogP contribution is -2.50. The summed E-state index contributed by atoms with van der Waals surface area (Å²) in [6, 6.07) is 13.9. The lowest BCUT2D eigenvalue weighted by molar-refractivity contribution is -0.132. The Bertz CT molecular complexity index is 1190. The van der Waals surface area contributed by atoms with Gasteiger partial charge in [0.2, 0.25) is 27.6 Å². The lowest BCUT2D eigenvalue weighted by Gasteiger charge is -2.34. The van der Waals surface area contributed by atoms with Crippen LogP contribution in [-0.2, 0) is 21.2 Å². The summed E-state index contributed by atoms with van der Waals surface area (Å²) in [6.45, 7) is 3.15. The minimum atomic E-state index is -3.56. The summed E-state index contributed by atoms with van der Waals surface area (Å²) in [5.74, 6) is 0.756. The molecule has 1 aromatic heterocycles. The third-order valence-electron chi connectivity index (χ3n) is 5.37. The molecule has 0 aliphatic carbocycles. The van der Waals surface area contributed by atoms with Gasteiger partial charge in [-0.25, -0.2) is 8.42 Å². The van der Waals surface area contributed by atoms with E-state index in [4.69, 9.17) is 16.1 Å². The molecule has 3 aromatic rings. The van der Waals surface area contributed by atoms with Crippen LogP contribution in [0.2, 0.25) is 5.02 Å². The molecule has 32 heavy (non-hydrogen) atoms. The first-order chi connectivity index (χ1) is 15.3. The smallest absolute Gasteiger partial charge is 0.243 e. The molecule has 1 aliphatic rings. The van der Waals surface area contributed by atoms with Crippen LogP contribution in [0.15, 0.2) is 57.9 Å². The van der Waals surface area contributed by atoms with Gasteiger partial charge < -0.3 is 9.42 Å². The molecule has 1 saturated heterocycles. The van der Waals surface area contributed by atoms with E-state index in [1.54, 1.807) is 53.4 Å². The van der Waals surface area contributed by atoms with Crippen molar-refractivity contribution < 1.29 is 17.7 Å².